The maximum absolute atomic E-state index is 10.8. The van der Waals surface area contributed by atoms with Crippen LogP contribution in [-0.4, -0.2) is 19.0 Å². The molecule has 66 valence electrons. The summed E-state index contributed by atoms with van der Waals surface area (Å²) in [7, 11) is 1.77. The molecule has 0 aliphatic carbocycles. The highest BCUT2D eigenvalue weighted by Gasteiger charge is 2.19. The Kier molecular flexibility index (Phi) is 4.86. The van der Waals surface area contributed by atoms with Gasteiger partial charge in [0.2, 0.25) is 5.91 Å². The van der Waals surface area contributed by atoms with Crippen LogP contribution in [0, 0.1) is 5.92 Å². The maximum Gasteiger partial charge on any atom is 0.234 e. The second-order valence-corrected chi connectivity index (χ2v) is 2.93. The van der Waals surface area contributed by atoms with Gasteiger partial charge in [-0.05, 0) is 19.4 Å². The fraction of sp³-hybridized carbons (Fsp3) is 0.875. The standard InChI is InChI=1S/C8H18N2O/c1-4-5-6(2)7(10-3)8(9)11/h6-7,10H,4-5H2,1-3H3,(H2,9,11). The molecule has 3 N–H and O–H groups in total. The maximum atomic E-state index is 10.8. The number of hydrogen-bond acceptors (Lipinski definition) is 2. The second-order valence-electron chi connectivity index (χ2n) is 2.93. The molecular formula is C8H18N2O. The first-order valence-corrected chi connectivity index (χ1v) is 4.10. The average molecular weight is 158 g/mol. The molecule has 0 rings (SSSR count). The molecule has 0 saturated carbocycles. The van der Waals surface area contributed by atoms with Gasteiger partial charge in [0.25, 0.3) is 0 Å². The van der Waals surface area contributed by atoms with Crippen LogP contribution in [0.5, 0.6) is 0 Å². The fourth-order valence-corrected chi connectivity index (χ4v) is 1.33. The van der Waals surface area contributed by atoms with Crippen molar-refractivity contribution in [3.05, 3.63) is 0 Å². The highest BCUT2D eigenvalue weighted by atomic mass is 16.1. The Morgan fingerprint density at radius 2 is 2.18 bits per heavy atom. The van der Waals surface area contributed by atoms with Gasteiger partial charge in [-0.15, -0.1) is 0 Å². The molecule has 0 aromatic rings. The third kappa shape index (κ3) is 3.37. The summed E-state index contributed by atoms with van der Waals surface area (Å²) in [5.41, 5.74) is 5.18. The Balaban J connectivity index is 3.91. The predicted molar refractivity (Wildman–Crippen MR) is 46.1 cm³/mol. The van der Waals surface area contributed by atoms with Crippen molar-refractivity contribution in [3.8, 4) is 0 Å². The molecule has 11 heavy (non-hydrogen) atoms. The van der Waals surface area contributed by atoms with Gasteiger partial charge in [0, 0.05) is 0 Å². The first-order chi connectivity index (χ1) is 5.13. The number of nitrogens with two attached hydrogens (primary N) is 1. The van der Waals surface area contributed by atoms with E-state index in [1.165, 1.54) is 0 Å². The fourth-order valence-electron chi connectivity index (χ4n) is 1.33. The normalized spacial score (nSPS) is 15.9. The quantitative estimate of drug-likeness (QED) is 0.612. The van der Waals surface area contributed by atoms with Gasteiger partial charge in [0.05, 0.1) is 6.04 Å². The van der Waals surface area contributed by atoms with E-state index < -0.39 is 0 Å². The summed E-state index contributed by atoms with van der Waals surface area (Å²) in [6.45, 7) is 4.14. The van der Waals surface area contributed by atoms with E-state index in [1.807, 2.05) is 6.92 Å². The third-order valence-corrected chi connectivity index (χ3v) is 1.93. The van der Waals surface area contributed by atoms with E-state index >= 15 is 0 Å². The molecule has 2 unspecified atom stereocenters. The van der Waals surface area contributed by atoms with Crippen LogP contribution in [0.15, 0.2) is 0 Å². The first-order valence-electron chi connectivity index (χ1n) is 4.10. The van der Waals surface area contributed by atoms with E-state index in [0.29, 0.717) is 5.92 Å². The lowest BCUT2D eigenvalue weighted by Gasteiger charge is -2.19. The summed E-state index contributed by atoms with van der Waals surface area (Å²) >= 11 is 0. The van der Waals surface area contributed by atoms with E-state index in [-0.39, 0.29) is 11.9 Å². The number of primary amides is 1. The van der Waals surface area contributed by atoms with Crippen LogP contribution in [0.3, 0.4) is 0 Å². The zero-order valence-corrected chi connectivity index (χ0v) is 7.55. The van der Waals surface area contributed by atoms with Crippen molar-refractivity contribution in [2.24, 2.45) is 11.7 Å². The molecule has 1 amide bonds. The Hall–Kier alpha value is -0.570. The van der Waals surface area contributed by atoms with Crippen molar-refractivity contribution in [1.82, 2.24) is 5.32 Å². The van der Waals surface area contributed by atoms with E-state index in [2.05, 4.69) is 12.2 Å². The Morgan fingerprint density at radius 3 is 2.45 bits per heavy atom. The van der Waals surface area contributed by atoms with Gasteiger partial charge in [0.15, 0.2) is 0 Å². The second kappa shape index (κ2) is 5.13. The molecule has 0 radical (unpaired) electrons. The largest absolute Gasteiger partial charge is 0.368 e. The summed E-state index contributed by atoms with van der Waals surface area (Å²) in [5.74, 6) is 0.0796. The lowest BCUT2D eigenvalue weighted by molar-refractivity contribution is -0.121. The zero-order chi connectivity index (χ0) is 8.85. The van der Waals surface area contributed by atoms with E-state index in [1.54, 1.807) is 7.05 Å². The molecule has 0 fully saturated rings. The van der Waals surface area contributed by atoms with Crippen LogP contribution in [0.25, 0.3) is 0 Å². The van der Waals surface area contributed by atoms with Gasteiger partial charge in [0.1, 0.15) is 0 Å². The van der Waals surface area contributed by atoms with Gasteiger partial charge < -0.3 is 11.1 Å². The smallest absolute Gasteiger partial charge is 0.234 e. The van der Waals surface area contributed by atoms with E-state index in [0.717, 1.165) is 12.8 Å². The summed E-state index contributed by atoms with van der Waals surface area (Å²) in [4.78, 5) is 10.8. The summed E-state index contributed by atoms with van der Waals surface area (Å²) in [5, 5.41) is 2.91. The van der Waals surface area contributed by atoms with Crippen LogP contribution >= 0.6 is 0 Å². The van der Waals surface area contributed by atoms with Gasteiger partial charge >= 0.3 is 0 Å². The van der Waals surface area contributed by atoms with Crippen LogP contribution in [0.1, 0.15) is 26.7 Å². The van der Waals surface area contributed by atoms with Gasteiger partial charge in [-0.25, -0.2) is 0 Å². The molecular weight excluding hydrogens is 140 g/mol. The monoisotopic (exact) mass is 158 g/mol. The lowest BCUT2D eigenvalue weighted by atomic mass is 9.97. The Bertz CT molecular complexity index is 125. The molecule has 0 saturated heterocycles. The van der Waals surface area contributed by atoms with Crippen LogP contribution in [-0.2, 0) is 4.79 Å². The van der Waals surface area contributed by atoms with E-state index in [9.17, 15) is 4.79 Å². The Labute approximate surface area is 68.3 Å². The van der Waals surface area contributed by atoms with Gasteiger partial charge in [-0.2, -0.15) is 0 Å². The first kappa shape index (κ1) is 10.4. The highest BCUT2D eigenvalue weighted by molar-refractivity contribution is 5.80. The van der Waals surface area contributed by atoms with Crippen LogP contribution in [0.4, 0.5) is 0 Å². The number of carbonyl (C=O) groups is 1. The van der Waals surface area contributed by atoms with Gasteiger partial charge in [-0.3, -0.25) is 4.79 Å². The minimum absolute atomic E-state index is 0.171. The minimum atomic E-state index is -0.256. The van der Waals surface area contributed by atoms with Crippen molar-refractivity contribution in [2.75, 3.05) is 7.05 Å². The number of nitrogens with one attached hydrogen (secondary N) is 1. The van der Waals surface area contributed by atoms with Crippen molar-refractivity contribution >= 4 is 5.91 Å². The number of likely N-dealkylation sites (N-methyl/N-ethyl adjacent to an activating group) is 1. The molecule has 3 heteroatoms. The lowest BCUT2D eigenvalue weighted by Crippen LogP contribution is -2.43. The molecule has 0 spiro atoms. The van der Waals surface area contributed by atoms with Crippen LogP contribution in [0.2, 0.25) is 0 Å². The molecule has 0 aromatic carbocycles. The SMILES string of the molecule is CCCC(C)C(NC)C(N)=O. The molecule has 3 nitrogen and oxygen atoms in total. The zero-order valence-electron chi connectivity index (χ0n) is 7.55. The predicted octanol–water partition coefficient (Wildman–Crippen LogP) is 0.496. The molecule has 0 aliphatic rings. The molecule has 0 aromatic heterocycles. The topological polar surface area (TPSA) is 55.1 Å². The van der Waals surface area contributed by atoms with Crippen molar-refractivity contribution < 1.29 is 4.79 Å². The summed E-state index contributed by atoms with van der Waals surface area (Å²) in [6, 6.07) is -0.171. The number of amides is 1. The van der Waals surface area contributed by atoms with Crippen molar-refractivity contribution in [1.29, 1.82) is 0 Å². The van der Waals surface area contributed by atoms with Crippen molar-refractivity contribution in [3.63, 3.8) is 0 Å². The van der Waals surface area contributed by atoms with E-state index in [4.69, 9.17) is 5.73 Å². The molecule has 0 bridgehead atoms. The number of hydrogen-bond donors (Lipinski definition) is 2. The summed E-state index contributed by atoms with van der Waals surface area (Å²) in [6.07, 6.45) is 2.13. The van der Waals surface area contributed by atoms with Gasteiger partial charge in [-0.1, -0.05) is 20.3 Å². The van der Waals surface area contributed by atoms with Crippen LogP contribution < -0.4 is 11.1 Å². The Morgan fingerprint density at radius 1 is 1.64 bits per heavy atom. The number of carbonyl (C=O) groups excluding carboxylic acids is 1. The molecule has 0 heterocycles. The van der Waals surface area contributed by atoms with Crippen molar-refractivity contribution in [2.45, 2.75) is 32.7 Å². The minimum Gasteiger partial charge on any atom is -0.368 e. The summed E-state index contributed by atoms with van der Waals surface area (Å²) < 4.78 is 0. The average Bonchev–Trinajstić information content (AvgIpc) is 1.88. The highest BCUT2D eigenvalue weighted by Crippen LogP contribution is 2.09. The molecule has 2 atom stereocenters. The number of rotatable bonds is 5. The third-order valence-electron chi connectivity index (χ3n) is 1.93. The molecule has 0 aliphatic heterocycles.